The van der Waals surface area contributed by atoms with Crippen LogP contribution in [0.15, 0.2) is 24.4 Å². The van der Waals surface area contributed by atoms with Crippen molar-refractivity contribution in [3.63, 3.8) is 0 Å². The van der Waals surface area contributed by atoms with Gasteiger partial charge in [0.2, 0.25) is 0 Å². The lowest BCUT2D eigenvalue weighted by atomic mass is 9.91. The summed E-state index contributed by atoms with van der Waals surface area (Å²) >= 11 is 0. The number of fused-ring (bicyclic) bond motifs is 1. The number of carbonyl (C=O) groups excluding carboxylic acids is 2. The lowest BCUT2D eigenvalue weighted by molar-refractivity contribution is 0.0166. The molecular formula is C26H38N2O4. The third kappa shape index (κ3) is 5.84. The van der Waals surface area contributed by atoms with Gasteiger partial charge in [-0.05, 0) is 84.3 Å². The molecule has 0 radical (unpaired) electrons. The number of nitrogens with zero attached hydrogens (tertiary/aromatic N) is 2. The molecule has 6 heteroatoms. The number of aryl methyl sites for hydroxylation is 1. The molecule has 1 amide bonds. The van der Waals surface area contributed by atoms with Crippen LogP contribution in [0, 0.1) is 5.92 Å². The van der Waals surface area contributed by atoms with Crippen LogP contribution in [-0.4, -0.2) is 45.9 Å². The van der Waals surface area contributed by atoms with Crippen molar-refractivity contribution in [2.75, 3.05) is 13.1 Å². The minimum Gasteiger partial charge on any atom is -0.444 e. The molecule has 0 bridgehead atoms. The second kappa shape index (κ2) is 9.16. The summed E-state index contributed by atoms with van der Waals surface area (Å²) in [6, 6.07) is 6.20. The SMILES string of the molecule is CCc1cccc2c(C[C@H]3CCCN(C(=O)OC(C)(C)C)C3)cn(C(=O)OC(C)(C)C)c12. The van der Waals surface area contributed by atoms with Crippen molar-refractivity contribution >= 4 is 23.1 Å². The number of benzene rings is 1. The number of para-hydroxylation sites is 1. The van der Waals surface area contributed by atoms with Gasteiger partial charge in [-0.1, -0.05) is 25.1 Å². The number of rotatable bonds is 3. The van der Waals surface area contributed by atoms with Gasteiger partial charge < -0.3 is 14.4 Å². The zero-order valence-electron chi connectivity index (χ0n) is 20.7. The van der Waals surface area contributed by atoms with E-state index in [4.69, 9.17) is 9.47 Å². The maximum atomic E-state index is 13.0. The van der Waals surface area contributed by atoms with Crippen LogP contribution in [0.5, 0.6) is 0 Å². The number of likely N-dealkylation sites (tertiary alicyclic amines) is 1. The van der Waals surface area contributed by atoms with Crippen molar-refractivity contribution < 1.29 is 19.1 Å². The summed E-state index contributed by atoms with van der Waals surface area (Å²) < 4.78 is 12.9. The van der Waals surface area contributed by atoms with E-state index in [0.717, 1.165) is 54.3 Å². The molecule has 2 aromatic rings. The van der Waals surface area contributed by atoms with Crippen LogP contribution in [0.2, 0.25) is 0 Å². The summed E-state index contributed by atoms with van der Waals surface area (Å²) in [6.45, 7) is 14.8. The maximum Gasteiger partial charge on any atom is 0.419 e. The molecular weight excluding hydrogens is 404 g/mol. The zero-order valence-corrected chi connectivity index (χ0v) is 20.7. The first-order valence-electron chi connectivity index (χ1n) is 11.7. The van der Waals surface area contributed by atoms with Crippen molar-refractivity contribution in [3.8, 4) is 0 Å². The molecule has 0 N–H and O–H groups in total. The van der Waals surface area contributed by atoms with Crippen LogP contribution in [0.3, 0.4) is 0 Å². The highest BCUT2D eigenvalue weighted by Crippen LogP contribution is 2.30. The fourth-order valence-electron chi connectivity index (χ4n) is 4.36. The number of piperidine rings is 1. The van der Waals surface area contributed by atoms with Gasteiger partial charge in [-0.15, -0.1) is 0 Å². The van der Waals surface area contributed by atoms with Gasteiger partial charge in [0.05, 0.1) is 5.52 Å². The molecule has 0 unspecified atom stereocenters. The molecule has 0 aliphatic carbocycles. The molecule has 1 saturated heterocycles. The third-order valence-corrected chi connectivity index (χ3v) is 5.64. The Balaban J connectivity index is 1.87. The molecule has 6 nitrogen and oxygen atoms in total. The van der Waals surface area contributed by atoms with Gasteiger partial charge >= 0.3 is 12.2 Å². The van der Waals surface area contributed by atoms with E-state index in [2.05, 4.69) is 25.1 Å². The Hall–Kier alpha value is -2.50. The molecule has 1 fully saturated rings. The zero-order chi connectivity index (χ0) is 23.7. The number of ether oxygens (including phenoxy) is 2. The van der Waals surface area contributed by atoms with Crippen molar-refractivity contribution in [3.05, 3.63) is 35.5 Å². The lowest BCUT2D eigenvalue weighted by Crippen LogP contribution is -2.43. The van der Waals surface area contributed by atoms with E-state index in [9.17, 15) is 9.59 Å². The Kier molecular flexibility index (Phi) is 6.91. The average Bonchev–Trinajstić information content (AvgIpc) is 3.04. The van der Waals surface area contributed by atoms with Gasteiger partial charge in [0.25, 0.3) is 0 Å². The summed E-state index contributed by atoms with van der Waals surface area (Å²) in [5.41, 5.74) is 2.11. The number of carbonyl (C=O) groups is 2. The van der Waals surface area contributed by atoms with Crippen molar-refractivity contribution in [2.24, 2.45) is 5.92 Å². The van der Waals surface area contributed by atoms with Gasteiger partial charge in [0.1, 0.15) is 11.2 Å². The molecule has 0 saturated carbocycles. The van der Waals surface area contributed by atoms with E-state index in [1.165, 1.54) is 0 Å². The molecule has 1 aromatic heterocycles. The van der Waals surface area contributed by atoms with E-state index in [1.807, 2.05) is 52.6 Å². The Bertz CT molecular complexity index is 978. The van der Waals surface area contributed by atoms with Crippen LogP contribution in [0.25, 0.3) is 10.9 Å². The monoisotopic (exact) mass is 442 g/mol. The summed E-state index contributed by atoms with van der Waals surface area (Å²) in [4.78, 5) is 27.4. The minimum absolute atomic E-state index is 0.244. The molecule has 1 aromatic carbocycles. The van der Waals surface area contributed by atoms with Crippen LogP contribution in [0.4, 0.5) is 9.59 Å². The number of hydrogen-bond acceptors (Lipinski definition) is 4. The van der Waals surface area contributed by atoms with Gasteiger partial charge in [-0.25, -0.2) is 9.59 Å². The molecule has 1 aliphatic rings. The highest BCUT2D eigenvalue weighted by Gasteiger charge is 2.29. The van der Waals surface area contributed by atoms with Crippen LogP contribution in [-0.2, 0) is 22.3 Å². The standard InChI is InChI=1S/C26H38N2O4/c1-8-19-12-9-13-21-20(17-28(22(19)21)24(30)32-26(5,6)7)15-18-11-10-14-27(16-18)23(29)31-25(2,3)4/h9,12-13,17-18H,8,10-11,14-16H2,1-7H3/t18-/m1/s1. The van der Waals surface area contributed by atoms with Gasteiger partial charge in [-0.3, -0.25) is 4.57 Å². The fourth-order valence-corrected chi connectivity index (χ4v) is 4.36. The number of aromatic nitrogens is 1. The molecule has 176 valence electrons. The van der Waals surface area contributed by atoms with Gasteiger partial charge in [0, 0.05) is 24.7 Å². The van der Waals surface area contributed by atoms with Crippen molar-refractivity contribution in [1.29, 1.82) is 0 Å². The Morgan fingerprint density at radius 2 is 1.66 bits per heavy atom. The second-order valence-corrected chi connectivity index (χ2v) is 10.8. The molecule has 0 spiro atoms. The Morgan fingerprint density at radius 1 is 1.00 bits per heavy atom. The summed E-state index contributed by atoms with van der Waals surface area (Å²) in [5.74, 6) is 0.319. The average molecular weight is 443 g/mol. The normalized spacial score (nSPS) is 17.5. The first-order valence-corrected chi connectivity index (χ1v) is 11.7. The number of hydrogen-bond donors (Lipinski definition) is 0. The molecule has 32 heavy (non-hydrogen) atoms. The maximum absolute atomic E-state index is 13.0. The van der Waals surface area contributed by atoms with Gasteiger partial charge in [0.15, 0.2) is 0 Å². The number of amides is 1. The third-order valence-electron chi connectivity index (χ3n) is 5.64. The van der Waals surface area contributed by atoms with Crippen LogP contribution in [0.1, 0.15) is 72.4 Å². The van der Waals surface area contributed by atoms with Gasteiger partial charge in [-0.2, -0.15) is 0 Å². The van der Waals surface area contributed by atoms with E-state index in [1.54, 1.807) is 4.57 Å². The highest BCUT2D eigenvalue weighted by molar-refractivity contribution is 5.94. The molecule has 1 atom stereocenters. The Morgan fingerprint density at radius 3 is 2.28 bits per heavy atom. The lowest BCUT2D eigenvalue weighted by Gasteiger charge is -2.34. The Labute approximate surface area is 191 Å². The highest BCUT2D eigenvalue weighted by atomic mass is 16.6. The predicted molar refractivity (Wildman–Crippen MR) is 127 cm³/mol. The largest absolute Gasteiger partial charge is 0.444 e. The van der Waals surface area contributed by atoms with E-state index in [-0.39, 0.29) is 12.2 Å². The smallest absolute Gasteiger partial charge is 0.419 e. The van der Waals surface area contributed by atoms with Crippen molar-refractivity contribution in [1.82, 2.24) is 9.47 Å². The second-order valence-electron chi connectivity index (χ2n) is 10.8. The van der Waals surface area contributed by atoms with E-state index >= 15 is 0 Å². The van der Waals surface area contributed by atoms with Crippen LogP contribution >= 0.6 is 0 Å². The summed E-state index contributed by atoms with van der Waals surface area (Å²) in [5, 5.41) is 1.09. The molecule has 3 rings (SSSR count). The first kappa shape index (κ1) is 24.1. The molecule has 1 aliphatic heterocycles. The van der Waals surface area contributed by atoms with E-state index in [0.29, 0.717) is 12.5 Å². The molecule has 2 heterocycles. The topological polar surface area (TPSA) is 60.8 Å². The van der Waals surface area contributed by atoms with Crippen LogP contribution < -0.4 is 0 Å². The summed E-state index contributed by atoms with van der Waals surface area (Å²) in [7, 11) is 0. The fraction of sp³-hybridized carbons (Fsp3) is 0.615. The van der Waals surface area contributed by atoms with Crippen molar-refractivity contribution in [2.45, 2.75) is 85.4 Å². The quantitative estimate of drug-likeness (QED) is 0.570. The minimum atomic E-state index is -0.563. The predicted octanol–water partition coefficient (Wildman–Crippen LogP) is 6.18. The first-order chi connectivity index (χ1) is 14.9. The van der Waals surface area contributed by atoms with E-state index < -0.39 is 11.2 Å². The summed E-state index contributed by atoms with van der Waals surface area (Å²) in [6.07, 6.45) is 4.98.